The van der Waals surface area contributed by atoms with E-state index in [1.807, 2.05) is 0 Å². The van der Waals surface area contributed by atoms with E-state index in [2.05, 4.69) is 10.6 Å². The van der Waals surface area contributed by atoms with Crippen LogP contribution in [0.15, 0.2) is 36.4 Å². The third-order valence-corrected chi connectivity index (χ3v) is 5.51. The van der Waals surface area contributed by atoms with Crippen LogP contribution in [0, 0.1) is 6.92 Å². The van der Waals surface area contributed by atoms with Crippen molar-refractivity contribution in [2.45, 2.75) is 37.6 Å². The van der Waals surface area contributed by atoms with E-state index < -0.39 is 37.3 Å². The van der Waals surface area contributed by atoms with Gasteiger partial charge in [-0.05, 0) is 53.9 Å². The maximum Gasteiger partial charge on any atom is 0.251 e. The minimum Gasteiger partial charge on any atom is -0.462 e. The molecule has 10 heteroatoms. The van der Waals surface area contributed by atoms with Crippen LogP contribution in [0.25, 0.3) is 11.1 Å². The third-order valence-electron chi connectivity index (χ3n) is 5.51. The van der Waals surface area contributed by atoms with Crippen molar-refractivity contribution >= 4 is 11.8 Å². The molecule has 1 aliphatic heterocycles. The first kappa shape index (κ1) is 24.6. The summed E-state index contributed by atoms with van der Waals surface area (Å²) in [5.41, 5.74) is 2.65. The highest BCUT2D eigenvalue weighted by molar-refractivity contribution is 6.01. The first-order valence-corrected chi connectivity index (χ1v) is 10.4. The summed E-state index contributed by atoms with van der Waals surface area (Å²) in [4.78, 5) is 24.4. The van der Waals surface area contributed by atoms with Crippen LogP contribution in [-0.2, 0) is 4.74 Å². The second kappa shape index (κ2) is 10.3. The number of hydrogen-bond donors (Lipinski definition) is 6. The molecule has 0 saturated carbocycles. The maximum absolute atomic E-state index is 12.2. The topological polar surface area (TPSA) is 158 Å². The molecule has 2 aromatic rings. The van der Waals surface area contributed by atoms with E-state index in [-0.39, 0.29) is 11.8 Å². The Kier molecular flexibility index (Phi) is 7.67. The molecule has 1 aliphatic rings. The van der Waals surface area contributed by atoms with E-state index in [9.17, 15) is 30.0 Å². The highest BCUT2D eigenvalue weighted by atomic mass is 16.7. The Morgan fingerprint density at radius 2 is 1.52 bits per heavy atom. The Labute approximate surface area is 190 Å². The Hall–Kier alpha value is -3.02. The largest absolute Gasteiger partial charge is 0.462 e. The van der Waals surface area contributed by atoms with Gasteiger partial charge in [0.1, 0.15) is 30.2 Å². The van der Waals surface area contributed by atoms with Gasteiger partial charge in [-0.1, -0.05) is 6.07 Å². The van der Waals surface area contributed by atoms with Crippen molar-refractivity contribution in [2.24, 2.45) is 0 Å². The van der Waals surface area contributed by atoms with Crippen LogP contribution in [-0.4, -0.2) is 83.6 Å². The van der Waals surface area contributed by atoms with Gasteiger partial charge in [-0.3, -0.25) is 9.59 Å². The molecule has 0 spiro atoms. The summed E-state index contributed by atoms with van der Waals surface area (Å²) in [6.07, 6.45) is -6.93. The summed E-state index contributed by atoms with van der Waals surface area (Å²) in [5, 5.41) is 44.5. The van der Waals surface area contributed by atoms with Crippen molar-refractivity contribution in [1.29, 1.82) is 0 Å². The van der Waals surface area contributed by atoms with Crippen LogP contribution in [0.4, 0.5) is 0 Å². The van der Waals surface area contributed by atoms with Crippen LogP contribution in [0.3, 0.4) is 0 Å². The van der Waals surface area contributed by atoms with Crippen LogP contribution in [0.2, 0.25) is 0 Å². The van der Waals surface area contributed by atoms with Gasteiger partial charge < -0.3 is 40.5 Å². The number of carbonyl (C=O) groups is 2. The third kappa shape index (κ3) is 5.15. The summed E-state index contributed by atoms with van der Waals surface area (Å²) < 4.78 is 11.1. The van der Waals surface area contributed by atoms with Crippen molar-refractivity contribution in [3.05, 3.63) is 53.1 Å². The molecule has 6 N–H and O–H groups in total. The van der Waals surface area contributed by atoms with Crippen molar-refractivity contribution < 1.29 is 39.5 Å². The number of amides is 2. The fraction of sp³-hybridized carbons (Fsp3) is 0.391. The number of aliphatic hydroxyl groups excluding tert-OH is 4. The monoisotopic (exact) mass is 460 g/mol. The van der Waals surface area contributed by atoms with E-state index in [1.54, 1.807) is 37.3 Å². The summed E-state index contributed by atoms with van der Waals surface area (Å²) in [7, 11) is 3.01. The van der Waals surface area contributed by atoms with Crippen molar-refractivity contribution in [3.63, 3.8) is 0 Å². The molecule has 10 nitrogen and oxygen atoms in total. The van der Waals surface area contributed by atoms with Crippen LogP contribution in [0.1, 0.15) is 26.3 Å². The molecule has 2 amide bonds. The van der Waals surface area contributed by atoms with Gasteiger partial charge in [-0.25, -0.2) is 0 Å². The summed E-state index contributed by atoms with van der Waals surface area (Å²) in [6, 6.07) is 9.94. The summed E-state index contributed by atoms with van der Waals surface area (Å²) >= 11 is 0. The lowest BCUT2D eigenvalue weighted by Gasteiger charge is -2.39. The number of nitrogens with one attached hydrogen (secondary N) is 2. The molecule has 0 aromatic heterocycles. The lowest BCUT2D eigenvalue weighted by Crippen LogP contribution is -2.60. The van der Waals surface area contributed by atoms with E-state index in [4.69, 9.17) is 9.47 Å². The molecule has 5 unspecified atom stereocenters. The van der Waals surface area contributed by atoms with Gasteiger partial charge in [0, 0.05) is 25.2 Å². The standard InChI is InChI=1S/C23H28N2O8/c1-11-6-12(13-7-14(21(30)24-2)9-15(8-13)22(31)25-3)4-5-16(11)32-23-20(29)19(28)18(27)17(10-26)33-23/h4-9,17-20,23,26-29H,10H2,1-3H3,(H,24,30)(H,25,31). The molecule has 0 aliphatic carbocycles. The molecule has 0 radical (unpaired) electrons. The predicted octanol–water partition coefficient (Wildman–Crippen LogP) is -0.440. The summed E-state index contributed by atoms with van der Waals surface area (Å²) in [5.74, 6) is -0.320. The molecule has 178 valence electrons. The molecule has 33 heavy (non-hydrogen) atoms. The van der Waals surface area contributed by atoms with E-state index in [0.717, 1.165) is 0 Å². The zero-order chi connectivity index (χ0) is 24.3. The highest BCUT2D eigenvalue weighted by Gasteiger charge is 2.44. The second-order valence-electron chi connectivity index (χ2n) is 7.75. The lowest BCUT2D eigenvalue weighted by molar-refractivity contribution is -0.277. The number of hydrogen-bond acceptors (Lipinski definition) is 8. The number of rotatable bonds is 6. The van der Waals surface area contributed by atoms with Gasteiger partial charge in [0.15, 0.2) is 0 Å². The molecule has 2 aromatic carbocycles. The number of ether oxygens (including phenoxy) is 2. The number of aliphatic hydroxyl groups is 4. The zero-order valence-corrected chi connectivity index (χ0v) is 18.5. The van der Waals surface area contributed by atoms with Gasteiger partial charge in [0.05, 0.1) is 6.61 Å². The first-order chi connectivity index (χ1) is 15.7. The zero-order valence-electron chi connectivity index (χ0n) is 18.5. The Balaban J connectivity index is 1.90. The van der Waals surface area contributed by atoms with Crippen LogP contribution >= 0.6 is 0 Å². The van der Waals surface area contributed by atoms with Gasteiger partial charge >= 0.3 is 0 Å². The lowest BCUT2D eigenvalue weighted by atomic mass is 9.97. The van der Waals surface area contributed by atoms with Crippen molar-refractivity contribution in [1.82, 2.24) is 10.6 Å². The van der Waals surface area contributed by atoms with E-state index >= 15 is 0 Å². The van der Waals surface area contributed by atoms with Gasteiger partial charge in [-0.2, -0.15) is 0 Å². The van der Waals surface area contributed by atoms with E-state index in [0.29, 0.717) is 33.6 Å². The summed E-state index contributed by atoms with van der Waals surface area (Å²) in [6.45, 7) is 1.20. The predicted molar refractivity (Wildman–Crippen MR) is 118 cm³/mol. The van der Waals surface area contributed by atoms with E-state index in [1.165, 1.54) is 20.2 Å². The molecular formula is C23H28N2O8. The average Bonchev–Trinajstić information content (AvgIpc) is 2.83. The molecule has 3 rings (SSSR count). The van der Waals surface area contributed by atoms with Gasteiger partial charge in [-0.15, -0.1) is 0 Å². The maximum atomic E-state index is 12.2. The number of carbonyl (C=O) groups excluding carboxylic acids is 2. The molecule has 1 saturated heterocycles. The number of benzene rings is 2. The van der Waals surface area contributed by atoms with Gasteiger partial charge in [0.2, 0.25) is 6.29 Å². The quantitative estimate of drug-likeness (QED) is 0.339. The Morgan fingerprint density at radius 1 is 0.909 bits per heavy atom. The Morgan fingerprint density at radius 3 is 2.03 bits per heavy atom. The first-order valence-electron chi connectivity index (χ1n) is 10.4. The minimum atomic E-state index is -1.55. The molecule has 1 fully saturated rings. The molecule has 0 bridgehead atoms. The fourth-order valence-corrected chi connectivity index (χ4v) is 3.60. The number of aryl methyl sites for hydroxylation is 1. The minimum absolute atomic E-state index is 0.327. The molecular weight excluding hydrogens is 432 g/mol. The smallest absolute Gasteiger partial charge is 0.251 e. The second-order valence-corrected chi connectivity index (χ2v) is 7.75. The van der Waals surface area contributed by atoms with Crippen LogP contribution < -0.4 is 15.4 Å². The van der Waals surface area contributed by atoms with Gasteiger partial charge in [0.25, 0.3) is 11.8 Å². The SMILES string of the molecule is CNC(=O)c1cc(C(=O)NC)cc(-c2ccc(OC3OC(CO)C(O)C(O)C3O)c(C)c2)c1. The fourth-order valence-electron chi connectivity index (χ4n) is 3.60. The van der Waals surface area contributed by atoms with Crippen molar-refractivity contribution in [2.75, 3.05) is 20.7 Å². The van der Waals surface area contributed by atoms with Crippen LogP contribution in [0.5, 0.6) is 5.75 Å². The molecule has 1 heterocycles. The van der Waals surface area contributed by atoms with Crippen molar-refractivity contribution in [3.8, 4) is 16.9 Å². The Bertz CT molecular complexity index is 991. The normalized spacial score (nSPS) is 24.8. The average molecular weight is 460 g/mol. The molecule has 5 atom stereocenters. The highest BCUT2D eigenvalue weighted by Crippen LogP contribution is 2.31.